The Balaban J connectivity index is 2.19. The Morgan fingerprint density at radius 1 is 1.38 bits per heavy atom. The van der Waals surface area contributed by atoms with Crippen LogP contribution in [0.2, 0.25) is 0 Å². The van der Waals surface area contributed by atoms with Crippen molar-refractivity contribution >= 4 is 17.3 Å². The van der Waals surface area contributed by atoms with Crippen LogP contribution < -0.4 is 9.47 Å². The Kier molecular flexibility index (Phi) is 4.68. The molecule has 2 rings (SSSR count). The Labute approximate surface area is 124 Å². The molecule has 0 saturated heterocycles. The Morgan fingerprint density at radius 2 is 2.19 bits per heavy atom. The molecule has 0 bridgehead atoms. The molecule has 1 aromatic carbocycles. The van der Waals surface area contributed by atoms with Crippen LogP contribution in [0.1, 0.15) is 22.3 Å². The molecule has 1 aromatic heterocycles. The molecule has 0 radical (unpaired) electrons. The third kappa shape index (κ3) is 3.46. The van der Waals surface area contributed by atoms with Crippen molar-refractivity contribution in [3.05, 3.63) is 28.8 Å². The van der Waals surface area contributed by atoms with Crippen molar-refractivity contribution in [1.29, 1.82) is 5.26 Å². The average molecular weight is 305 g/mol. The number of esters is 1. The van der Waals surface area contributed by atoms with Gasteiger partial charge in [-0.15, -0.1) is 5.10 Å². The summed E-state index contributed by atoms with van der Waals surface area (Å²) in [6.45, 7) is 1.97. The molecule has 0 amide bonds. The fourth-order valence-electron chi connectivity index (χ4n) is 1.44. The SMILES string of the molecule is CCOC(=O)c1nnc(Oc2ccc(C#N)cc2OC)s1. The number of hydrogen-bond donors (Lipinski definition) is 0. The van der Waals surface area contributed by atoms with Crippen LogP contribution in [0.25, 0.3) is 0 Å². The van der Waals surface area contributed by atoms with Crippen LogP contribution in [0.5, 0.6) is 16.7 Å². The molecule has 0 aliphatic rings. The Hall–Kier alpha value is -2.66. The molecule has 7 nitrogen and oxygen atoms in total. The van der Waals surface area contributed by atoms with Crippen LogP contribution in [0.4, 0.5) is 0 Å². The minimum Gasteiger partial charge on any atom is -0.493 e. The lowest BCUT2D eigenvalue weighted by atomic mass is 10.2. The van der Waals surface area contributed by atoms with Crippen LogP contribution in [-0.2, 0) is 4.74 Å². The summed E-state index contributed by atoms with van der Waals surface area (Å²) in [6.07, 6.45) is 0. The van der Waals surface area contributed by atoms with E-state index in [0.29, 0.717) is 17.1 Å². The smallest absolute Gasteiger partial charge is 0.369 e. The van der Waals surface area contributed by atoms with E-state index in [9.17, 15) is 4.79 Å². The van der Waals surface area contributed by atoms with Crippen molar-refractivity contribution in [2.75, 3.05) is 13.7 Å². The van der Waals surface area contributed by atoms with Gasteiger partial charge < -0.3 is 14.2 Å². The number of hydrogen-bond acceptors (Lipinski definition) is 8. The van der Waals surface area contributed by atoms with Gasteiger partial charge in [-0.25, -0.2) is 4.79 Å². The maximum absolute atomic E-state index is 11.5. The number of nitrogens with zero attached hydrogens (tertiary/aromatic N) is 3. The molecule has 8 heteroatoms. The Morgan fingerprint density at radius 3 is 2.86 bits per heavy atom. The second-order valence-corrected chi connectivity index (χ2v) is 4.61. The first-order valence-electron chi connectivity index (χ1n) is 5.94. The van der Waals surface area contributed by atoms with E-state index in [2.05, 4.69) is 10.2 Å². The third-order valence-corrected chi connectivity index (χ3v) is 3.13. The van der Waals surface area contributed by atoms with Gasteiger partial charge in [0.15, 0.2) is 11.5 Å². The number of benzene rings is 1. The van der Waals surface area contributed by atoms with Crippen molar-refractivity contribution in [3.8, 4) is 22.8 Å². The summed E-state index contributed by atoms with van der Waals surface area (Å²) in [5.74, 6) is 0.224. The van der Waals surface area contributed by atoms with Gasteiger partial charge in [0.1, 0.15) is 0 Å². The highest BCUT2D eigenvalue weighted by molar-refractivity contribution is 7.14. The van der Waals surface area contributed by atoms with E-state index in [4.69, 9.17) is 19.5 Å². The molecule has 0 aliphatic heterocycles. The second kappa shape index (κ2) is 6.67. The quantitative estimate of drug-likeness (QED) is 0.783. The van der Waals surface area contributed by atoms with Gasteiger partial charge in [0.05, 0.1) is 25.3 Å². The summed E-state index contributed by atoms with van der Waals surface area (Å²) < 4.78 is 15.5. The first-order valence-corrected chi connectivity index (χ1v) is 6.76. The van der Waals surface area contributed by atoms with Gasteiger partial charge in [0.2, 0.25) is 5.01 Å². The van der Waals surface area contributed by atoms with E-state index in [1.807, 2.05) is 6.07 Å². The lowest BCUT2D eigenvalue weighted by molar-refractivity contribution is 0.0525. The number of ether oxygens (including phenoxy) is 3. The van der Waals surface area contributed by atoms with E-state index < -0.39 is 5.97 Å². The fourth-order valence-corrected chi connectivity index (χ4v) is 2.04. The monoisotopic (exact) mass is 305 g/mol. The maximum Gasteiger partial charge on any atom is 0.369 e. The van der Waals surface area contributed by atoms with Gasteiger partial charge in [-0.2, -0.15) is 5.26 Å². The number of carbonyl (C=O) groups is 1. The van der Waals surface area contributed by atoms with Crippen molar-refractivity contribution < 1.29 is 19.0 Å². The molecule has 108 valence electrons. The molecule has 0 aliphatic carbocycles. The largest absolute Gasteiger partial charge is 0.493 e. The first-order chi connectivity index (χ1) is 10.2. The standard InChI is InChI=1S/C13H11N3O4S/c1-3-19-12(17)11-15-16-13(21-11)20-9-5-4-8(7-14)6-10(9)18-2/h4-6H,3H2,1-2H3. The third-order valence-electron chi connectivity index (χ3n) is 2.35. The minimum atomic E-state index is -0.545. The second-order valence-electron chi connectivity index (χ2n) is 3.67. The zero-order chi connectivity index (χ0) is 15.2. The number of methoxy groups -OCH3 is 1. The van der Waals surface area contributed by atoms with Gasteiger partial charge in [0, 0.05) is 6.07 Å². The van der Waals surface area contributed by atoms with Crippen LogP contribution in [-0.4, -0.2) is 29.9 Å². The van der Waals surface area contributed by atoms with Gasteiger partial charge in [-0.3, -0.25) is 0 Å². The highest BCUT2D eigenvalue weighted by Gasteiger charge is 2.16. The van der Waals surface area contributed by atoms with E-state index in [1.165, 1.54) is 7.11 Å². The number of rotatable bonds is 5. The molecule has 0 unspecified atom stereocenters. The molecule has 1 heterocycles. The molecular formula is C13H11N3O4S. The van der Waals surface area contributed by atoms with Gasteiger partial charge >= 0.3 is 5.97 Å². The lowest BCUT2D eigenvalue weighted by Gasteiger charge is -2.07. The van der Waals surface area contributed by atoms with Crippen LogP contribution >= 0.6 is 11.3 Å². The predicted molar refractivity (Wildman–Crippen MR) is 73.6 cm³/mol. The molecule has 0 N–H and O–H groups in total. The van der Waals surface area contributed by atoms with Gasteiger partial charge in [-0.05, 0) is 30.4 Å². The minimum absolute atomic E-state index is 0.111. The normalized spacial score (nSPS) is 9.76. The zero-order valence-electron chi connectivity index (χ0n) is 11.3. The number of nitriles is 1. The molecule has 0 fully saturated rings. The van der Waals surface area contributed by atoms with Crippen LogP contribution in [0.15, 0.2) is 18.2 Å². The summed E-state index contributed by atoms with van der Waals surface area (Å²) >= 11 is 0.965. The fraction of sp³-hybridized carbons (Fsp3) is 0.231. The van der Waals surface area contributed by atoms with E-state index in [1.54, 1.807) is 25.1 Å². The van der Waals surface area contributed by atoms with E-state index in [0.717, 1.165) is 11.3 Å². The number of carbonyl (C=O) groups excluding carboxylic acids is 1. The Bertz CT molecular complexity index is 693. The van der Waals surface area contributed by atoms with Crippen molar-refractivity contribution in [2.24, 2.45) is 0 Å². The van der Waals surface area contributed by atoms with E-state index in [-0.39, 0.29) is 16.8 Å². The van der Waals surface area contributed by atoms with Gasteiger partial charge in [0.25, 0.3) is 5.19 Å². The molecular weight excluding hydrogens is 294 g/mol. The van der Waals surface area contributed by atoms with Crippen molar-refractivity contribution in [2.45, 2.75) is 6.92 Å². The summed E-state index contributed by atoms with van der Waals surface area (Å²) in [5, 5.41) is 16.6. The first kappa shape index (κ1) is 14.7. The van der Waals surface area contributed by atoms with Crippen LogP contribution in [0, 0.1) is 11.3 Å². The highest BCUT2D eigenvalue weighted by atomic mass is 32.1. The molecule has 0 atom stereocenters. The average Bonchev–Trinajstić information content (AvgIpc) is 2.96. The van der Waals surface area contributed by atoms with Crippen molar-refractivity contribution in [1.82, 2.24) is 10.2 Å². The number of aromatic nitrogens is 2. The van der Waals surface area contributed by atoms with Crippen molar-refractivity contribution in [3.63, 3.8) is 0 Å². The zero-order valence-corrected chi connectivity index (χ0v) is 12.1. The topological polar surface area (TPSA) is 94.3 Å². The molecule has 21 heavy (non-hydrogen) atoms. The molecule has 0 saturated carbocycles. The molecule has 0 spiro atoms. The van der Waals surface area contributed by atoms with E-state index >= 15 is 0 Å². The summed E-state index contributed by atoms with van der Waals surface area (Å²) in [7, 11) is 1.47. The maximum atomic E-state index is 11.5. The summed E-state index contributed by atoms with van der Waals surface area (Å²) in [6, 6.07) is 6.72. The predicted octanol–water partition coefficient (Wildman–Crippen LogP) is 2.39. The van der Waals surface area contributed by atoms with Crippen LogP contribution in [0.3, 0.4) is 0 Å². The molecule has 2 aromatic rings. The van der Waals surface area contributed by atoms with Gasteiger partial charge in [-0.1, -0.05) is 5.10 Å². The summed E-state index contributed by atoms with van der Waals surface area (Å²) in [5.41, 5.74) is 0.448. The highest BCUT2D eigenvalue weighted by Crippen LogP contribution is 2.33. The summed E-state index contributed by atoms with van der Waals surface area (Å²) in [4.78, 5) is 11.5. The lowest BCUT2D eigenvalue weighted by Crippen LogP contribution is -2.03.